The minimum absolute atomic E-state index is 0.128. The molecule has 148 valence electrons. The molecule has 3 rings (SSSR count). The fraction of sp³-hybridized carbons (Fsp3) is 0.174. The Morgan fingerprint density at radius 2 is 1.55 bits per heavy atom. The molecule has 0 aliphatic rings. The van der Waals surface area contributed by atoms with E-state index in [0.29, 0.717) is 11.3 Å². The van der Waals surface area contributed by atoms with Gasteiger partial charge < -0.3 is 15.2 Å². The van der Waals surface area contributed by atoms with Gasteiger partial charge in [0.2, 0.25) is 5.91 Å². The van der Waals surface area contributed by atoms with Crippen molar-refractivity contribution in [2.75, 3.05) is 5.32 Å². The zero-order chi connectivity index (χ0) is 20.8. The van der Waals surface area contributed by atoms with E-state index in [0.717, 1.165) is 5.56 Å². The molecular formula is C23H23N3O3. The van der Waals surface area contributed by atoms with Crippen LogP contribution in [0.15, 0.2) is 77.6 Å². The van der Waals surface area contributed by atoms with Crippen molar-refractivity contribution in [2.45, 2.75) is 26.4 Å². The third-order valence-electron chi connectivity index (χ3n) is 4.66. The molecule has 1 heterocycles. The molecule has 1 unspecified atom stereocenters. The summed E-state index contributed by atoms with van der Waals surface area (Å²) in [6, 6.07) is 21.3. The zero-order valence-electron chi connectivity index (χ0n) is 16.4. The van der Waals surface area contributed by atoms with E-state index in [1.54, 1.807) is 43.3 Å². The van der Waals surface area contributed by atoms with Crippen LogP contribution in [0.25, 0.3) is 0 Å². The van der Waals surface area contributed by atoms with E-state index in [9.17, 15) is 14.4 Å². The number of aryl methyl sites for hydroxylation is 1. The maximum absolute atomic E-state index is 12.8. The van der Waals surface area contributed by atoms with Gasteiger partial charge in [-0.05, 0) is 43.7 Å². The number of amides is 2. The van der Waals surface area contributed by atoms with E-state index in [2.05, 4.69) is 10.6 Å². The van der Waals surface area contributed by atoms with Crippen LogP contribution in [-0.4, -0.2) is 16.4 Å². The summed E-state index contributed by atoms with van der Waals surface area (Å²) in [5.74, 6) is -0.654. The second-order valence-corrected chi connectivity index (χ2v) is 6.80. The van der Waals surface area contributed by atoms with Gasteiger partial charge in [-0.2, -0.15) is 0 Å². The van der Waals surface area contributed by atoms with Gasteiger partial charge >= 0.3 is 0 Å². The molecule has 2 aromatic carbocycles. The molecule has 1 aromatic heterocycles. The van der Waals surface area contributed by atoms with Gasteiger partial charge in [0.15, 0.2) is 0 Å². The number of nitrogens with one attached hydrogen (secondary N) is 2. The van der Waals surface area contributed by atoms with E-state index >= 15 is 0 Å². The van der Waals surface area contributed by atoms with Crippen molar-refractivity contribution in [2.24, 2.45) is 0 Å². The lowest BCUT2D eigenvalue weighted by Crippen LogP contribution is -2.35. The van der Waals surface area contributed by atoms with Crippen molar-refractivity contribution in [1.29, 1.82) is 0 Å². The lowest BCUT2D eigenvalue weighted by Gasteiger charge is -2.16. The van der Waals surface area contributed by atoms with Gasteiger partial charge in [-0.15, -0.1) is 0 Å². The lowest BCUT2D eigenvalue weighted by molar-refractivity contribution is -0.122. The summed E-state index contributed by atoms with van der Waals surface area (Å²) < 4.78 is 1.35. The van der Waals surface area contributed by atoms with Crippen molar-refractivity contribution in [3.8, 4) is 0 Å². The first-order valence-electron chi connectivity index (χ1n) is 9.37. The Hall–Kier alpha value is -3.67. The largest absolute Gasteiger partial charge is 0.348 e. The van der Waals surface area contributed by atoms with Crippen molar-refractivity contribution in [3.05, 3.63) is 100.0 Å². The number of nitrogens with zero attached hydrogens (tertiary/aromatic N) is 1. The summed E-state index contributed by atoms with van der Waals surface area (Å²) in [7, 11) is 0. The topological polar surface area (TPSA) is 80.2 Å². The average molecular weight is 389 g/mol. The van der Waals surface area contributed by atoms with Gasteiger partial charge in [-0.1, -0.05) is 48.5 Å². The highest BCUT2D eigenvalue weighted by Gasteiger charge is 2.15. The SMILES string of the molecule is Cc1ccc(NC(=O)c2ccccc2)c(=O)n1CC(=O)NC(C)c1ccccc1. The van der Waals surface area contributed by atoms with Gasteiger partial charge in [0, 0.05) is 11.3 Å². The Morgan fingerprint density at radius 1 is 0.931 bits per heavy atom. The minimum atomic E-state index is -0.420. The molecule has 0 spiro atoms. The molecule has 0 radical (unpaired) electrons. The van der Waals surface area contributed by atoms with Crippen LogP contribution in [0.2, 0.25) is 0 Å². The van der Waals surface area contributed by atoms with Crippen molar-refractivity contribution >= 4 is 17.5 Å². The fourth-order valence-corrected chi connectivity index (χ4v) is 3.00. The van der Waals surface area contributed by atoms with E-state index in [4.69, 9.17) is 0 Å². The quantitative estimate of drug-likeness (QED) is 0.679. The first-order valence-corrected chi connectivity index (χ1v) is 9.37. The standard InChI is InChI=1S/C23H23N3O3/c1-16-13-14-20(25-22(28)19-11-7-4-8-12-19)23(29)26(16)15-21(27)24-17(2)18-9-5-3-6-10-18/h3-14,17H,15H2,1-2H3,(H,24,27)(H,25,28). The van der Waals surface area contributed by atoms with Gasteiger partial charge in [-0.3, -0.25) is 14.4 Å². The van der Waals surface area contributed by atoms with E-state index in [1.165, 1.54) is 4.57 Å². The Kier molecular flexibility index (Phi) is 6.24. The molecule has 6 heteroatoms. The summed E-state index contributed by atoms with van der Waals surface area (Å²) in [6.07, 6.45) is 0. The molecule has 0 aliphatic carbocycles. The van der Waals surface area contributed by atoms with Gasteiger partial charge in [0.05, 0.1) is 6.04 Å². The Morgan fingerprint density at radius 3 is 2.21 bits per heavy atom. The van der Waals surface area contributed by atoms with Crippen LogP contribution >= 0.6 is 0 Å². The number of carbonyl (C=O) groups excluding carboxylic acids is 2. The summed E-state index contributed by atoms with van der Waals surface area (Å²) in [6.45, 7) is 3.51. The maximum Gasteiger partial charge on any atom is 0.274 e. The van der Waals surface area contributed by atoms with E-state index in [1.807, 2.05) is 43.3 Å². The second kappa shape index (κ2) is 9.01. The lowest BCUT2D eigenvalue weighted by atomic mass is 10.1. The first kappa shape index (κ1) is 20.1. The Labute approximate surface area is 169 Å². The number of anilines is 1. The molecule has 0 saturated carbocycles. The number of carbonyl (C=O) groups is 2. The van der Waals surface area contributed by atoms with Crippen LogP contribution in [0.3, 0.4) is 0 Å². The summed E-state index contributed by atoms with van der Waals surface area (Å²) in [4.78, 5) is 37.7. The van der Waals surface area contributed by atoms with Crippen molar-refractivity contribution in [3.63, 3.8) is 0 Å². The van der Waals surface area contributed by atoms with Crippen molar-refractivity contribution < 1.29 is 9.59 Å². The third-order valence-corrected chi connectivity index (χ3v) is 4.66. The molecule has 2 amide bonds. The maximum atomic E-state index is 12.8. The molecule has 0 fully saturated rings. The molecule has 29 heavy (non-hydrogen) atoms. The number of aromatic nitrogens is 1. The van der Waals surface area contributed by atoms with Crippen LogP contribution in [0.4, 0.5) is 5.69 Å². The fourth-order valence-electron chi connectivity index (χ4n) is 3.00. The minimum Gasteiger partial charge on any atom is -0.348 e. The number of benzene rings is 2. The predicted molar refractivity (Wildman–Crippen MR) is 113 cm³/mol. The second-order valence-electron chi connectivity index (χ2n) is 6.80. The van der Waals surface area contributed by atoms with Gasteiger partial charge in [0.25, 0.3) is 11.5 Å². The predicted octanol–water partition coefficient (Wildman–Crippen LogP) is 3.29. The Balaban J connectivity index is 1.74. The summed E-state index contributed by atoms with van der Waals surface area (Å²) >= 11 is 0. The van der Waals surface area contributed by atoms with Gasteiger partial charge in [0.1, 0.15) is 12.2 Å². The zero-order valence-corrected chi connectivity index (χ0v) is 16.4. The summed E-state index contributed by atoms with van der Waals surface area (Å²) in [5.41, 5.74) is 1.78. The molecule has 0 bridgehead atoms. The number of hydrogen-bond donors (Lipinski definition) is 2. The Bertz CT molecular complexity index is 1060. The average Bonchev–Trinajstić information content (AvgIpc) is 2.74. The molecule has 2 N–H and O–H groups in total. The third kappa shape index (κ3) is 4.99. The van der Waals surface area contributed by atoms with Crippen LogP contribution in [0.5, 0.6) is 0 Å². The number of pyridine rings is 1. The molecule has 0 saturated heterocycles. The normalized spacial score (nSPS) is 11.5. The van der Waals surface area contributed by atoms with E-state index in [-0.39, 0.29) is 30.1 Å². The highest BCUT2D eigenvalue weighted by atomic mass is 16.2. The highest BCUT2D eigenvalue weighted by Crippen LogP contribution is 2.11. The van der Waals surface area contributed by atoms with E-state index < -0.39 is 5.56 Å². The molecule has 6 nitrogen and oxygen atoms in total. The summed E-state index contributed by atoms with van der Waals surface area (Å²) in [5, 5.41) is 5.53. The van der Waals surface area contributed by atoms with Crippen LogP contribution < -0.4 is 16.2 Å². The monoisotopic (exact) mass is 389 g/mol. The van der Waals surface area contributed by atoms with Crippen molar-refractivity contribution in [1.82, 2.24) is 9.88 Å². The molecular weight excluding hydrogens is 366 g/mol. The molecule has 1 atom stereocenters. The molecule has 3 aromatic rings. The van der Waals surface area contributed by atoms with Crippen LogP contribution in [0.1, 0.15) is 34.6 Å². The first-order chi connectivity index (χ1) is 14.0. The highest BCUT2D eigenvalue weighted by molar-refractivity contribution is 6.04. The van der Waals surface area contributed by atoms with Gasteiger partial charge in [-0.25, -0.2) is 0 Å². The molecule has 0 aliphatic heterocycles. The number of rotatable bonds is 6. The number of hydrogen-bond acceptors (Lipinski definition) is 3. The van der Waals surface area contributed by atoms with Crippen LogP contribution in [0, 0.1) is 6.92 Å². The smallest absolute Gasteiger partial charge is 0.274 e. The van der Waals surface area contributed by atoms with Crippen LogP contribution in [-0.2, 0) is 11.3 Å².